The first-order valence-electron chi connectivity index (χ1n) is 1.56. The molecule has 0 fully saturated rings. The van der Waals surface area contributed by atoms with Crippen LogP contribution in [0.1, 0.15) is 6.42 Å². The molecule has 0 aliphatic heterocycles. The Morgan fingerprint density at radius 2 is 2.00 bits per heavy atom. The molecule has 0 amide bonds. The normalized spacial score (nSPS) is 7.00. The number of alkyl halides is 1. The van der Waals surface area contributed by atoms with E-state index in [1.54, 1.807) is 0 Å². The minimum Gasteiger partial charge on any atom is -0.793 e. The molecule has 0 saturated carbocycles. The summed E-state index contributed by atoms with van der Waals surface area (Å²) < 4.78 is 0. The first-order chi connectivity index (χ1) is 2.41. The fraction of sp³-hybridized carbons (Fsp3) is 1.00. The van der Waals surface area contributed by atoms with Crippen LogP contribution in [-0.4, -0.2) is 11.1 Å². The quantitative estimate of drug-likeness (QED) is 0.265. The molecule has 0 aliphatic carbocycles. The van der Waals surface area contributed by atoms with Crippen molar-refractivity contribution in [3.63, 3.8) is 0 Å². The molecule has 0 atom stereocenters. The van der Waals surface area contributed by atoms with Crippen LogP contribution in [0.25, 0.3) is 0 Å². The molecule has 3 heteroatoms. The molecular weight excluding hydrogens is 155 g/mol. The second-order valence-corrected chi connectivity index (χ2v) is 1.95. The predicted octanol–water partition coefficient (Wildman–Crippen LogP) is -1.68. The summed E-state index contributed by atoms with van der Waals surface area (Å²) >= 11 is 7.86. The van der Waals surface area contributed by atoms with Gasteiger partial charge in [-0.2, -0.15) is 5.75 Å². The molecule has 0 heterocycles. The maximum absolute atomic E-state index is 4.62. The molecule has 0 nitrogen and oxygen atoms in total. The maximum atomic E-state index is 4.62. The number of hydrogen-bond donors (Lipinski definition) is 0. The SMILES string of the molecule is [Li+].[S-]CCCBr. The number of hydrogen-bond acceptors (Lipinski definition) is 1. The molecule has 0 unspecified atom stereocenters. The Kier molecular flexibility index (Phi) is 16.8. The van der Waals surface area contributed by atoms with Gasteiger partial charge in [-0.25, -0.2) is 0 Å². The molecule has 0 N–H and O–H groups in total. The maximum Gasteiger partial charge on any atom is 1.00 e. The van der Waals surface area contributed by atoms with Crippen molar-refractivity contribution in [3.8, 4) is 0 Å². The Morgan fingerprint density at radius 3 is 2.00 bits per heavy atom. The van der Waals surface area contributed by atoms with E-state index in [9.17, 15) is 0 Å². The van der Waals surface area contributed by atoms with Crippen LogP contribution in [0.15, 0.2) is 0 Å². The summed E-state index contributed by atoms with van der Waals surface area (Å²) in [5, 5.41) is 1.05. The summed E-state index contributed by atoms with van der Waals surface area (Å²) in [4.78, 5) is 0. The van der Waals surface area contributed by atoms with Crippen LogP contribution in [0.5, 0.6) is 0 Å². The Morgan fingerprint density at radius 1 is 1.50 bits per heavy atom. The average Bonchev–Trinajstić information content (AvgIpc) is 1.41. The topological polar surface area (TPSA) is 0 Å². The van der Waals surface area contributed by atoms with Gasteiger partial charge in [0.25, 0.3) is 0 Å². The third-order valence-electron chi connectivity index (χ3n) is 0.278. The Bertz CT molecular complexity index is 18.3. The Hall–Kier alpha value is 1.43. The summed E-state index contributed by atoms with van der Waals surface area (Å²) in [5.74, 6) is 0.880. The second kappa shape index (κ2) is 9.66. The van der Waals surface area contributed by atoms with Crippen molar-refractivity contribution in [2.45, 2.75) is 6.42 Å². The van der Waals surface area contributed by atoms with Crippen LogP contribution in [-0.2, 0) is 12.6 Å². The van der Waals surface area contributed by atoms with E-state index >= 15 is 0 Å². The molecule has 0 bridgehead atoms. The third-order valence-corrected chi connectivity index (χ3v) is 1.13. The summed E-state index contributed by atoms with van der Waals surface area (Å²) in [7, 11) is 0. The van der Waals surface area contributed by atoms with E-state index in [2.05, 4.69) is 28.6 Å². The molecule has 0 aromatic carbocycles. The van der Waals surface area contributed by atoms with E-state index in [4.69, 9.17) is 0 Å². The van der Waals surface area contributed by atoms with Gasteiger partial charge >= 0.3 is 18.9 Å². The van der Waals surface area contributed by atoms with Crippen LogP contribution in [0.4, 0.5) is 0 Å². The fourth-order valence-electron chi connectivity index (χ4n) is 0.0546. The molecule has 0 aromatic rings. The van der Waals surface area contributed by atoms with Gasteiger partial charge in [0, 0.05) is 5.33 Å². The van der Waals surface area contributed by atoms with E-state index in [0.29, 0.717) is 0 Å². The average molecular weight is 161 g/mol. The summed E-state index contributed by atoms with van der Waals surface area (Å²) in [6.45, 7) is 0. The monoisotopic (exact) mass is 160 g/mol. The van der Waals surface area contributed by atoms with Gasteiger partial charge in [-0.1, -0.05) is 22.4 Å². The molecule has 0 aromatic heterocycles. The largest absolute Gasteiger partial charge is 1.00 e. The van der Waals surface area contributed by atoms with Crippen molar-refractivity contribution in [1.29, 1.82) is 0 Å². The molecule has 0 radical (unpaired) electrons. The summed E-state index contributed by atoms with van der Waals surface area (Å²) in [6.07, 6.45) is 1.12. The van der Waals surface area contributed by atoms with E-state index in [-0.39, 0.29) is 18.9 Å². The van der Waals surface area contributed by atoms with Crippen molar-refractivity contribution in [1.82, 2.24) is 0 Å². The van der Waals surface area contributed by atoms with Crippen molar-refractivity contribution in [2.75, 3.05) is 11.1 Å². The fourth-order valence-corrected chi connectivity index (χ4v) is 0.850. The van der Waals surface area contributed by atoms with Gasteiger partial charge in [0.15, 0.2) is 0 Å². The zero-order chi connectivity index (χ0) is 4.12. The zero-order valence-corrected chi connectivity index (χ0v) is 6.31. The Labute approximate surface area is 64.8 Å². The molecule has 0 spiro atoms. The predicted molar refractivity (Wildman–Crippen MR) is 30.6 cm³/mol. The van der Waals surface area contributed by atoms with E-state index in [1.165, 1.54) is 0 Å². The van der Waals surface area contributed by atoms with Gasteiger partial charge in [0.1, 0.15) is 0 Å². The van der Waals surface area contributed by atoms with E-state index in [0.717, 1.165) is 17.5 Å². The molecule has 0 saturated heterocycles. The van der Waals surface area contributed by atoms with Gasteiger partial charge < -0.3 is 12.6 Å². The van der Waals surface area contributed by atoms with Crippen LogP contribution >= 0.6 is 15.9 Å². The molecular formula is C3H6BrLiS. The van der Waals surface area contributed by atoms with Crippen molar-refractivity contribution >= 4 is 28.6 Å². The number of halogens is 1. The third kappa shape index (κ3) is 9.06. The first-order valence-corrected chi connectivity index (χ1v) is 3.25. The summed E-state index contributed by atoms with van der Waals surface area (Å²) in [5.41, 5.74) is 0. The zero-order valence-electron chi connectivity index (χ0n) is 3.91. The molecule has 0 rings (SSSR count). The van der Waals surface area contributed by atoms with Crippen LogP contribution in [0.2, 0.25) is 0 Å². The van der Waals surface area contributed by atoms with Gasteiger partial charge in [0.2, 0.25) is 0 Å². The van der Waals surface area contributed by atoms with Gasteiger partial charge in [0.05, 0.1) is 0 Å². The van der Waals surface area contributed by atoms with Crippen LogP contribution in [0.3, 0.4) is 0 Å². The van der Waals surface area contributed by atoms with E-state index < -0.39 is 0 Å². The van der Waals surface area contributed by atoms with Gasteiger partial charge in [-0.05, 0) is 0 Å². The van der Waals surface area contributed by atoms with Gasteiger partial charge in [-0.3, -0.25) is 0 Å². The van der Waals surface area contributed by atoms with Gasteiger partial charge in [-0.15, -0.1) is 0 Å². The van der Waals surface area contributed by atoms with Crippen LogP contribution in [0, 0.1) is 0 Å². The van der Waals surface area contributed by atoms with Crippen LogP contribution < -0.4 is 18.9 Å². The second-order valence-electron chi connectivity index (χ2n) is 0.747. The smallest absolute Gasteiger partial charge is 0.793 e. The molecule has 0 aliphatic rings. The first kappa shape index (κ1) is 10.4. The van der Waals surface area contributed by atoms with Crippen molar-refractivity contribution < 1.29 is 18.9 Å². The van der Waals surface area contributed by atoms with Crippen molar-refractivity contribution in [3.05, 3.63) is 0 Å². The minimum atomic E-state index is 0. The molecule has 32 valence electrons. The minimum absolute atomic E-state index is 0. The number of rotatable bonds is 2. The van der Waals surface area contributed by atoms with E-state index in [1.807, 2.05) is 0 Å². The van der Waals surface area contributed by atoms with Crippen molar-refractivity contribution in [2.24, 2.45) is 0 Å². The summed E-state index contributed by atoms with van der Waals surface area (Å²) in [6, 6.07) is 0. The Balaban J connectivity index is 0. The standard InChI is InChI=1S/C3H7BrS.Li/c4-2-1-3-5;/h5H,1-3H2;/q;+1/p-1. The molecule has 6 heavy (non-hydrogen) atoms.